The van der Waals surface area contributed by atoms with Crippen molar-refractivity contribution < 1.29 is 5.11 Å². The molecule has 3 N–H and O–H groups in total. The molecule has 2 heterocycles. The number of fused-ring (bicyclic) bond motifs is 1. The number of aliphatic hydroxyl groups is 1. The lowest BCUT2D eigenvalue weighted by Crippen LogP contribution is -2.33. The molecule has 1 aliphatic rings. The molecule has 1 aliphatic heterocycles. The lowest BCUT2D eigenvalue weighted by Gasteiger charge is -2.27. The number of nitrogens with one attached hydrogen (secondary N) is 2. The van der Waals surface area contributed by atoms with Crippen molar-refractivity contribution >= 4 is 26.8 Å². The Hall–Kier alpha value is -0.840. The molecule has 0 bridgehead atoms. The van der Waals surface area contributed by atoms with Gasteiger partial charge in [0.2, 0.25) is 0 Å². The van der Waals surface area contributed by atoms with Gasteiger partial charge >= 0.3 is 0 Å². The molecule has 0 radical (unpaired) electrons. The molecule has 1 aromatic heterocycles. The van der Waals surface area contributed by atoms with E-state index in [1.54, 1.807) is 0 Å². The van der Waals surface area contributed by atoms with Crippen LogP contribution in [0.2, 0.25) is 0 Å². The van der Waals surface area contributed by atoms with Gasteiger partial charge in [-0.25, -0.2) is 0 Å². The zero-order valence-corrected chi connectivity index (χ0v) is 11.7. The van der Waals surface area contributed by atoms with Crippen LogP contribution in [-0.4, -0.2) is 23.2 Å². The lowest BCUT2D eigenvalue weighted by atomic mass is 9.89. The Morgan fingerprint density at radius 2 is 2.28 bits per heavy atom. The van der Waals surface area contributed by atoms with Crippen LogP contribution in [0.4, 0.5) is 0 Å². The number of aromatic amines is 1. The average Bonchev–Trinajstić information content (AvgIpc) is 2.81. The van der Waals surface area contributed by atoms with Crippen molar-refractivity contribution in [2.45, 2.75) is 18.9 Å². The molecular weight excluding hydrogens is 292 g/mol. The van der Waals surface area contributed by atoms with Gasteiger partial charge < -0.3 is 15.4 Å². The highest BCUT2D eigenvalue weighted by molar-refractivity contribution is 9.10. The number of benzene rings is 1. The quantitative estimate of drug-likeness (QED) is 0.799. The number of halogens is 1. The van der Waals surface area contributed by atoms with Crippen LogP contribution in [-0.2, 0) is 0 Å². The van der Waals surface area contributed by atoms with Gasteiger partial charge in [-0.1, -0.05) is 22.0 Å². The number of hydrogen-bond donors (Lipinski definition) is 3. The fraction of sp³-hybridized carbons (Fsp3) is 0.429. The summed E-state index contributed by atoms with van der Waals surface area (Å²) in [6.45, 7) is 1.98. The molecule has 3 nitrogen and oxygen atoms in total. The van der Waals surface area contributed by atoms with Crippen LogP contribution in [0.5, 0.6) is 0 Å². The van der Waals surface area contributed by atoms with Crippen LogP contribution >= 0.6 is 15.9 Å². The molecule has 96 valence electrons. The molecule has 1 fully saturated rings. The van der Waals surface area contributed by atoms with Gasteiger partial charge in [0.1, 0.15) is 0 Å². The van der Waals surface area contributed by atoms with E-state index in [9.17, 15) is 5.11 Å². The number of piperidine rings is 1. The predicted octanol–water partition coefficient (Wildman–Crippen LogP) is 2.96. The minimum Gasteiger partial charge on any atom is -0.388 e. The van der Waals surface area contributed by atoms with E-state index < -0.39 is 0 Å². The molecular formula is C14H17BrN2O. The molecule has 1 saturated heterocycles. The molecule has 0 amide bonds. The van der Waals surface area contributed by atoms with Gasteiger partial charge in [-0.15, -0.1) is 0 Å². The van der Waals surface area contributed by atoms with Crippen molar-refractivity contribution in [2.75, 3.05) is 13.1 Å². The number of H-pyrrole nitrogens is 1. The minimum absolute atomic E-state index is 0.321. The van der Waals surface area contributed by atoms with Crippen molar-refractivity contribution in [2.24, 2.45) is 5.92 Å². The highest BCUT2D eigenvalue weighted by atomic mass is 79.9. The second-order valence-electron chi connectivity index (χ2n) is 4.99. The first-order valence-corrected chi connectivity index (χ1v) is 7.20. The summed E-state index contributed by atoms with van der Waals surface area (Å²) in [6.07, 6.45) is 3.80. The largest absolute Gasteiger partial charge is 0.388 e. The third-order valence-electron chi connectivity index (χ3n) is 3.78. The fourth-order valence-corrected chi connectivity index (χ4v) is 3.13. The lowest BCUT2D eigenvalue weighted by molar-refractivity contribution is 0.0934. The summed E-state index contributed by atoms with van der Waals surface area (Å²) in [7, 11) is 0. The van der Waals surface area contributed by atoms with E-state index in [1.807, 2.05) is 18.3 Å². The number of aliphatic hydroxyl groups excluding tert-OH is 1. The summed E-state index contributed by atoms with van der Waals surface area (Å²) < 4.78 is 1.05. The second-order valence-corrected chi connectivity index (χ2v) is 5.90. The Bertz CT molecular complexity index is 546. The predicted molar refractivity (Wildman–Crippen MR) is 76.6 cm³/mol. The van der Waals surface area contributed by atoms with E-state index in [1.165, 1.54) is 0 Å². The number of rotatable bonds is 2. The first-order valence-electron chi connectivity index (χ1n) is 6.41. The van der Waals surface area contributed by atoms with Gasteiger partial charge in [0.05, 0.1) is 6.10 Å². The third kappa shape index (κ3) is 2.20. The van der Waals surface area contributed by atoms with Gasteiger partial charge in [-0.2, -0.15) is 0 Å². The normalized spacial score (nSPS) is 22.2. The maximum Gasteiger partial charge on any atom is 0.0850 e. The Labute approximate surface area is 115 Å². The molecule has 1 aromatic carbocycles. The van der Waals surface area contributed by atoms with Gasteiger partial charge in [-0.3, -0.25) is 0 Å². The number of aromatic nitrogens is 1. The topological polar surface area (TPSA) is 48.0 Å². The monoisotopic (exact) mass is 308 g/mol. The maximum atomic E-state index is 10.5. The highest BCUT2D eigenvalue weighted by Crippen LogP contribution is 2.32. The van der Waals surface area contributed by atoms with E-state index in [0.29, 0.717) is 5.92 Å². The molecule has 2 aromatic rings. The van der Waals surface area contributed by atoms with Crippen LogP contribution in [0.3, 0.4) is 0 Å². The van der Waals surface area contributed by atoms with Crippen molar-refractivity contribution in [3.05, 3.63) is 34.4 Å². The van der Waals surface area contributed by atoms with Crippen LogP contribution < -0.4 is 5.32 Å². The van der Waals surface area contributed by atoms with Crippen molar-refractivity contribution in [3.63, 3.8) is 0 Å². The summed E-state index contributed by atoms with van der Waals surface area (Å²) in [4.78, 5) is 3.24. The highest BCUT2D eigenvalue weighted by Gasteiger charge is 2.24. The van der Waals surface area contributed by atoms with E-state index in [-0.39, 0.29) is 6.10 Å². The van der Waals surface area contributed by atoms with Crippen molar-refractivity contribution in [1.82, 2.24) is 10.3 Å². The molecule has 2 unspecified atom stereocenters. The van der Waals surface area contributed by atoms with Gasteiger partial charge in [-0.05, 0) is 31.5 Å². The summed E-state index contributed by atoms with van der Waals surface area (Å²) in [6, 6.07) is 6.13. The Morgan fingerprint density at radius 3 is 3.06 bits per heavy atom. The average molecular weight is 309 g/mol. The van der Waals surface area contributed by atoms with Gasteiger partial charge in [0.15, 0.2) is 0 Å². The zero-order valence-electron chi connectivity index (χ0n) is 10.1. The minimum atomic E-state index is -0.382. The van der Waals surface area contributed by atoms with Gasteiger partial charge in [0.25, 0.3) is 0 Å². The van der Waals surface area contributed by atoms with Crippen LogP contribution in [0.25, 0.3) is 10.9 Å². The maximum absolute atomic E-state index is 10.5. The second kappa shape index (κ2) is 5.03. The Kier molecular flexibility index (Phi) is 3.41. The molecule has 2 atom stereocenters. The van der Waals surface area contributed by atoms with Crippen molar-refractivity contribution in [1.29, 1.82) is 0 Å². The molecule has 0 aliphatic carbocycles. The van der Waals surface area contributed by atoms with Crippen LogP contribution in [0.1, 0.15) is 24.5 Å². The molecule has 0 spiro atoms. The Morgan fingerprint density at radius 1 is 1.39 bits per heavy atom. The zero-order chi connectivity index (χ0) is 12.5. The van der Waals surface area contributed by atoms with E-state index in [4.69, 9.17) is 0 Å². The van der Waals surface area contributed by atoms with Crippen LogP contribution in [0.15, 0.2) is 28.9 Å². The third-order valence-corrected chi connectivity index (χ3v) is 4.27. The standard InChI is InChI=1S/C14H17BrN2O/c15-10-3-4-11-12(8-17-13(11)6-10)14(18)9-2-1-5-16-7-9/h3-4,6,8-9,14,16-18H,1-2,5,7H2. The van der Waals surface area contributed by atoms with Crippen molar-refractivity contribution in [3.8, 4) is 0 Å². The summed E-state index contributed by atoms with van der Waals surface area (Å²) in [5, 5.41) is 15.0. The number of hydrogen-bond acceptors (Lipinski definition) is 2. The summed E-state index contributed by atoms with van der Waals surface area (Å²) >= 11 is 3.46. The molecule has 4 heteroatoms. The summed E-state index contributed by atoms with van der Waals surface area (Å²) in [5.41, 5.74) is 2.09. The van der Waals surface area contributed by atoms with E-state index >= 15 is 0 Å². The molecule has 18 heavy (non-hydrogen) atoms. The SMILES string of the molecule is OC(c1c[nH]c2cc(Br)ccc12)C1CCCNC1. The van der Waals surface area contributed by atoms with Crippen LogP contribution in [0, 0.1) is 5.92 Å². The first kappa shape index (κ1) is 12.2. The van der Waals surface area contributed by atoms with E-state index in [2.05, 4.69) is 32.3 Å². The Balaban J connectivity index is 1.93. The van der Waals surface area contributed by atoms with Gasteiger partial charge in [0, 0.05) is 39.6 Å². The molecule has 3 rings (SSSR count). The van der Waals surface area contributed by atoms with E-state index in [0.717, 1.165) is 46.9 Å². The first-order chi connectivity index (χ1) is 8.75. The fourth-order valence-electron chi connectivity index (χ4n) is 2.77. The molecule has 0 saturated carbocycles. The smallest absolute Gasteiger partial charge is 0.0850 e. The summed E-state index contributed by atoms with van der Waals surface area (Å²) in [5.74, 6) is 0.321.